The van der Waals surface area contributed by atoms with Crippen molar-refractivity contribution in [2.45, 2.75) is 13.2 Å². The van der Waals surface area contributed by atoms with Crippen LogP contribution in [-0.4, -0.2) is 13.0 Å². The molecular weight excluding hydrogens is 190 g/mol. The number of amides is 1. The van der Waals surface area contributed by atoms with E-state index >= 15 is 0 Å². The van der Waals surface area contributed by atoms with E-state index in [0.29, 0.717) is 13.2 Å². The average molecular weight is 205 g/mol. The second-order valence-electron chi connectivity index (χ2n) is 3.17. The van der Waals surface area contributed by atoms with E-state index in [-0.39, 0.29) is 5.91 Å². The Kier molecular flexibility index (Phi) is 4.57. The van der Waals surface area contributed by atoms with Gasteiger partial charge in [0.15, 0.2) is 0 Å². The Morgan fingerprint density at radius 3 is 2.53 bits per heavy atom. The summed E-state index contributed by atoms with van der Waals surface area (Å²) in [4.78, 5) is 10.9. The van der Waals surface area contributed by atoms with Crippen LogP contribution >= 0.6 is 0 Å². The maximum Gasteiger partial charge on any atom is 0.243 e. The van der Waals surface area contributed by atoms with Gasteiger partial charge in [0.1, 0.15) is 0 Å². The number of carbonyl (C=O) groups excluding carboxylic acids is 1. The van der Waals surface area contributed by atoms with E-state index in [9.17, 15) is 4.79 Å². The second kappa shape index (κ2) is 5.98. The molecule has 0 bridgehead atoms. The normalized spacial score (nSPS) is 9.67. The first-order valence-corrected chi connectivity index (χ1v) is 4.73. The molecule has 0 spiro atoms. The molecule has 0 aromatic heterocycles. The van der Waals surface area contributed by atoms with Gasteiger partial charge in [0.05, 0.1) is 6.61 Å². The van der Waals surface area contributed by atoms with Crippen molar-refractivity contribution in [3.63, 3.8) is 0 Å². The highest BCUT2D eigenvalue weighted by Gasteiger charge is 1.96. The molecule has 0 aliphatic rings. The van der Waals surface area contributed by atoms with Crippen LogP contribution in [0.1, 0.15) is 11.1 Å². The van der Waals surface area contributed by atoms with Crippen molar-refractivity contribution < 1.29 is 9.53 Å². The fraction of sp³-hybridized carbons (Fsp3) is 0.250. The molecule has 0 radical (unpaired) electrons. The molecule has 0 aliphatic carbocycles. The summed E-state index contributed by atoms with van der Waals surface area (Å²) in [5.41, 5.74) is 2.18. The lowest BCUT2D eigenvalue weighted by molar-refractivity contribution is -0.116. The van der Waals surface area contributed by atoms with Gasteiger partial charge in [0, 0.05) is 13.7 Å². The monoisotopic (exact) mass is 205 g/mol. The number of carbonyl (C=O) groups is 1. The van der Waals surface area contributed by atoms with Crippen molar-refractivity contribution in [2.24, 2.45) is 0 Å². The van der Waals surface area contributed by atoms with Crippen LogP contribution in [0.4, 0.5) is 0 Å². The highest BCUT2D eigenvalue weighted by molar-refractivity contribution is 5.86. The second-order valence-corrected chi connectivity index (χ2v) is 3.17. The lowest BCUT2D eigenvalue weighted by atomic mass is 10.1. The maximum atomic E-state index is 10.9. The zero-order valence-corrected chi connectivity index (χ0v) is 8.82. The summed E-state index contributed by atoms with van der Waals surface area (Å²) in [6.07, 6.45) is 1.26. The molecule has 0 atom stereocenters. The number of hydrogen-bond donors (Lipinski definition) is 1. The zero-order valence-electron chi connectivity index (χ0n) is 8.82. The summed E-state index contributed by atoms with van der Waals surface area (Å²) in [5.74, 6) is -0.157. The molecule has 0 saturated carbocycles. The van der Waals surface area contributed by atoms with E-state index in [1.165, 1.54) is 6.08 Å². The summed E-state index contributed by atoms with van der Waals surface area (Å²) in [6.45, 7) is 4.52. The van der Waals surface area contributed by atoms with Crippen molar-refractivity contribution in [1.29, 1.82) is 0 Å². The molecule has 1 amide bonds. The Morgan fingerprint density at radius 1 is 1.40 bits per heavy atom. The van der Waals surface area contributed by atoms with E-state index in [2.05, 4.69) is 11.9 Å². The third kappa shape index (κ3) is 3.95. The van der Waals surface area contributed by atoms with Crippen molar-refractivity contribution in [2.75, 3.05) is 7.11 Å². The summed E-state index contributed by atoms with van der Waals surface area (Å²) in [5, 5.41) is 2.71. The zero-order chi connectivity index (χ0) is 11.1. The van der Waals surface area contributed by atoms with Gasteiger partial charge in [0.25, 0.3) is 0 Å². The minimum atomic E-state index is -0.157. The fourth-order valence-corrected chi connectivity index (χ4v) is 1.18. The molecule has 0 aliphatic heterocycles. The molecule has 3 heteroatoms. The molecule has 0 fully saturated rings. The molecule has 1 aromatic rings. The van der Waals surface area contributed by atoms with Crippen LogP contribution in [0, 0.1) is 0 Å². The van der Waals surface area contributed by atoms with Crippen LogP contribution < -0.4 is 5.32 Å². The third-order valence-electron chi connectivity index (χ3n) is 1.99. The Hall–Kier alpha value is -1.61. The number of methoxy groups -OCH3 is 1. The van der Waals surface area contributed by atoms with Crippen molar-refractivity contribution in [1.82, 2.24) is 5.32 Å². The molecule has 0 saturated heterocycles. The number of hydrogen-bond acceptors (Lipinski definition) is 2. The first kappa shape index (κ1) is 11.5. The Bertz CT molecular complexity index is 330. The molecule has 15 heavy (non-hydrogen) atoms. The van der Waals surface area contributed by atoms with Gasteiger partial charge < -0.3 is 10.1 Å². The SMILES string of the molecule is C=CC(=O)NCc1ccc(COC)cc1. The van der Waals surface area contributed by atoms with Crippen LogP contribution in [-0.2, 0) is 22.7 Å². The maximum absolute atomic E-state index is 10.9. The molecule has 1 rings (SSSR count). The Labute approximate surface area is 89.8 Å². The third-order valence-corrected chi connectivity index (χ3v) is 1.99. The number of nitrogens with one attached hydrogen (secondary N) is 1. The smallest absolute Gasteiger partial charge is 0.243 e. The molecule has 80 valence electrons. The molecule has 0 heterocycles. The van der Waals surface area contributed by atoms with Crippen LogP contribution in [0.5, 0.6) is 0 Å². The summed E-state index contributed by atoms with van der Waals surface area (Å²) in [7, 11) is 1.66. The van der Waals surface area contributed by atoms with Gasteiger partial charge in [-0.2, -0.15) is 0 Å². The van der Waals surface area contributed by atoms with Gasteiger partial charge >= 0.3 is 0 Å². The summed E-state index contributed by atoms with van der Waals surface area (Å²) >= 11 is 0. The molecule has 1 N–H and O–H groups in total. The van der Waals surface area contributed by atoms with E-state index in [1.54, 1.807) is 7.11 Å². The summed E-state index contributed by atoms with van der Waals surface area (Å²) in [6, 6.07) is 7.91. The quantitative estimate of drug-likeness (QED) is 0.742. The lowest BCUT2D eigenvalue weighted by Crippen LogP contribution is -2.19. The van der Waals surface area contributed by atoms with Crippen LogP contribution in [0.25, 0.3) is 0 Å². The van der Waals surface area contributed by atoms with Crippen LogP contribution in [0.15, 0.2) is 36.9 Å². The number of ether oxygens (including phenoxy) is 1. The highest BCUT2D eigenvalue weighted by atomic mass is 16.5. The van der Waals surface area contributed by atoms with Gasteiger partial charge in [-0.1, -0.05) is 30.8 Å². The molecule has 3 nitrogen and oxygen atoms in total. The molecule has 0 unspecified atom stereocenters. The Morgan fingerprint density at radius 2 is 2.00 bits per heavy atom. The molecular formula is C12H15NO2. The fourth-order valence-electron chi connectivity index (χ4n) is 1.18. The minimum Gasteiger partial charge on any atom is -0.380 e. The topological polar surface area (TPSA) is 38.3 Å². The standard InChI is InChI=1S/C12H15NO2/c1-3-12(14)13-8-10-4-6-11(7-5-10)9-15-2/h3-7H,1,8-9H2,2H3,(H,13,14). The van der Waals surface area contributed by atoms with Gasteiger partial charge in [-0.05, 0) is 17.2 Å². The van der Waals surface area contributed by atoms with Gasteiger partial charge in [-0.3, -0.25) is 4.79 Å². The van der Waals surface area contributed by atoms with Gasteiger partial charge in [0.2, 0.25) is 5.91 Å². The van der Waals surface area contributed by atoms with Crippen LogP contribution in [0.3, 0.4) is 0 Å². The van der Waals surface area contributed by atoms with E-state index in [4.69, 9.17) is 4.74 Å². The minimum absolute atomic E-state index is 0.157. The number of rotatable bonds is 5. The van der Waals surface area contributed by atoms with E-state index in [1.807, 2.05) is 24.3 Å². The first-order valence-electron chi connectivity index (χ1n) is 4.73. The van der Waals surface area contributed by atoms with Gasteiger partial charge in [-0.25, -0.2) is 0 Å². The average Bonchev–Trinajstić information content (AvgIpc) is 2.28. The van der Waals surface area contributed by atoms with Gasteiger partial charge in [-0.15, -0.1) is 0 Å². The van der Waals surface area contributed by atoms with Crippen molar-refractivity contribution in [3.8, 4) is 0 Å². The van der Waals surface area contributed by atoms with Crippen LogP contribution in [0.2, 0.25) is 0 Å². The predicted octanol–water partition coefficient (Wildman–Crippen LogP) is 1.64. The highest BCUT2D eigenvalue weighted by Crippen LogP contribution is 2.05. The van der Waals surface area contributed by atoms with Crippen molar-refractivity contribution in [3.05, 3.63) is 48.0 Å². The van der Waals surface area contributed by atoms with E-state index < -0.39 is 0 Å². The number of benzene rings is 1. The summed E-state index contributed by atoms with van der Waals surface area (Å²) < 4.78 is 5.00. The lowest BCUT2D eigenvalue weighted by Gasteiger charge is -2.04. The Balaban J connectivity index is 2.49. The van der Waals surface area contributed by atoms with E-state index in [0.717, 1.165) is 11.1 Å². The first-order chi connectivity index (χ1) is 7.26. The van der Waals surface area contributed by atoms with Crippen molar-refractivity contribution >= 4 is 5.91 Å². The molecule has 1 aromatic carbocycles. The largest absolute Gasteiger partial charge is 0.380 e. The predicted molar refractivity (Wildman–Crippen MR) is 59.2 cm³/mol.